The minimum absolute atomic E-state index is 0.00461. The minimum Gasteiger partial charge on any atom is -0.324 e. The lowest BCUT2D eigenvalue weighted by Crippen LogP contribution is -2.15. The van der Waals surface area contributed by atoms with Crippen molar-refractivity contribution in [2.45, 2.75) is 12.5 Å². The molecule has 0 fully saturated rings. The van der Waals surface area contributed by atoms with Crippen molar-refractivity contribution in [3.05, 3.63) is 70.2 Å². The number of hydrogen-bond donors (Lipinski definition) is 1. The van der Waals surface area contributed by atoms with Crippen LogP contribution in [0.15, 0.2) is 42.5 Å². The lowest BCUT2D eigenvalue weighted by molar-refractivity contribution is 0.540. The third kappa shape index (κ3) is 2.86. The van der Waals surface area contributed by atoms with Crippen LogP contribution < -0.4 is 5.73 Å². The van der Waals surface area contributed by atoms with Crippen LogP contribution >= 0.6 is 11.6 Å². The minimum atomic E-state index is -0.576. The number of benzene rings is 2. The van der Waals surface area contributed by atoms with Gasteiger partial charge in [-0.3, -0.25) is 0 Å². The second kappa shape index (κ2) is 5.46. The van der Waals surface area contributed by atoms with Crippen LogP contribution in [0.3, 0.4) is 0 Å². The monoisotopic (exact) mass is 267 g/mol. The maximum atomic E-state index is 13.5. The van der Waals surface area contributed by atoms with Crippen LogP contribution in [0.5, 0.6) is 0 Å². The van der Waals surface area contributed by atoms with Crippen LogP contribution in [0.2, 0.25) is 5.02 Å². The van der Waals surface area contributed by atoms with Gasteiger partial charge in [-0.25, -0.2) is 8.78 Å². The fourth-order valence-electron chi connectivity index (χ4n) is 1.80. The highest BCUT2D eigenvalue weighted by Gasteiger charge is 2.14. The van der Waals surface area contributed by atoms with E-state index in [9.17, 15) is 8.78 Å². The molecule has 0 radical (unpaired) electrons. The number of rotatable bonds is 3. The molecule has 2 aromatic rings. The molecule has 0 saturated heterocycles. The summed E-state index contributed by atoms with van der Waals surface area (Å²) in [7, 11) is 0. The van der Waals surface area contributed by atoms with Gasteiger partial charge in [0.2, 0.25) is 0 Å². The van der Waals surface area contributed by atoms with Crippen molar-refractivity contribution in [1.29, 1.82) is 0 Å². The molecule has 94 valence electrons. The Kier molecular flexibility index (Phi) is 3.94. The molecule has 0 heterocycles. The second-order valence-electron chi connectivity index (χ2n) is 4.07. The summed E-state index contributed by atoms with van der Waals surface area (Å²) in [6, 6.07) is 10.3. The third-order valence-electron chi connectivity index (χ3n) is 2.76. The van der Waals surface area contributed by atoms with Gasteiger partial charge in [-0.1, -0.05) is 29.8 Å². The summed E-state index contributed by atoms with van der Waals surface area (Å²) in [4.78, 5) is 0. The zero-order valence-corrected chi connectivity index (χ0v) is 10.3. The van der Waals surface area contributed by atoms with E-state index in [4.69, 9.17) is 17.3 Å². The van der Waals surface area contributed by atoms with E-state index in [1.807, 2.05) is 0 Å². The summed E-state index contributed by atoms with van der Waals surface area (Å²) < 4.78 is 27.0. The predicted molar refractivity (Wildman–Crippen MR) is 68.4 cm³/mol. The fourth-order valence-corrected chi connectivity index (χ4v) is 2.00. The Hall–Kier alpha value is -1.45. The Morgan fingerprint density at radius 2 is 1.67 bits per heavy atom. The van der Waals surface area contributed by atoms with Gasteiger partial charge in [-0.05, 0) is 36.2 Å². The van der Waals surface area contributed by atoms with Crippen LogP contribution in [-0.4, -0.2) is 0 Å². The summed E-state index contributed by atoms with van der Waals surface area (Å²) in [5.41, 5.74) is 6.70. The first-order chi connectivity index (χ1) is 8.58. The van der Waals surface area contributed by atoms with Crippen molar-refractivity contribution in [2.75, 3.05) is 0 Å². The Morgan fingerprint density at radius 1 is 1.06 bits per heavy atom. The van der Waals surface area contributed by atoms with Gasteiger partial charge in [0.05, 0.1) is 0 Å². The van der Waals surface area contributed by atoms with Gasteiger partial charge in [-0.15, -0.1) is 0 Å². The molecule has 2 N–H and O–H groups in total. The lowest BCUT2D eigenvalue weighted by atomic mass is 9.99. The van der Waals surface area contributed by atoms with Gasteiger partial charge in [-0.2, -0.15) is 0 Å². The molecule has 1 nitrogen and oxygen atoms in total. The van der Waals surface area contributed by atoms with Gasteiger partial charge in [0.15, 0.2) is 0 Å². The van der Waals surface area contributed by atoms with Crippen molar-refractivity contribution in [3.63, 3.8) is 0 Å². The molecule has 0 spiro atoms. The molecule has 0 aliphatic heterocycles. The molecule has 0 aliphatic rings. The molecule has 0 bridgehead atoms. The smallest absolute Gasteiger partial charge is 0.129 e. The largest absolute Gasteiger partial charge is 0.324 e. The van der Waals surface area contributed by atoms with Crippen LogP contribution in [0, 0.1) is 11.6 Å². The van der Waals surface area contributed by atoms with Crippen molar-refractivity contribution < 1.29 is 8.78 Å². The van der Waals surface area contributed by atoms with Crippen LogP contribution in [0.1, 0.15) is 17.2 Å². The van der Waals surface area contributed by atoms with E-state index in [2.05, 4.69) is 0 Å². The SMILES string of the molecule is NC(Cc1c(F)cccc1F)c1cccc(Cl)c1. The van der Waals surface area contributed by atoms with Crippen molar-refractivity contribution in [2.24, 2.45) is 5.73 Å². The maximum Gasteiger partial charge on any atom is 0.129 e. The first kappa shape index (κ1) is 13.0. The molecule has 0 aromatic heterocycles. The normalized spacial score (nSPS) is 12.4. The summed E-state index contributed by atoms with van der Waals surface area (Å²) in [6.07, 6.45) is 0.0961. The van der Waals surface area contributed by atoms with Crippen LogP contribution in [-0.2, 0) is 6.42 Å². The average molecular weight is 268 g/mol. The standard InChI is InChI=1S/C14H12ClF2N/c15-10-4-1-3-9(7-10)14(18)8-11-12(16)5-2-6-13(11)17/h1-7,14H,8,18H2. The molecular formula is C14H12ClF2N. The Labute approximate surface area is 109 Å². The van der Waals surface area contributed by atoms with Crippen molar-refractivity contribution >= 4 is 11.6 Å². The predicted octanol–water partition coefficient (Wildman–Crippen LogP) is 3.86. The van der Waals surface area contributed by atoms with E-state index < -0.39 is 17.7 Å². The Bertz CT molecular complexity index is 537. The van der Waals surface area contributed by atoms with Gasteiger partial charge < -0.3 is 5.73 Å². The van der Waals surface area contributed by atoms with E-state index in [-0.39, 0.29) is 12.0 Å². The van der Waals surface area contributed by atoms with Gasteiger partial charge in [0.25, 0.3) is 0 Å². The van der Waals surface area contributed by atoms with Crippen molar-refractivity contribution in [3.8, 4) is 0 Å². The third-order valence-corrected chi connectivity index (χ3v) is 3.00. The van der Waals surface area contributed by atoms with Gasteiger partial charge in [0, 0.05) is 16.6 Å². The fraction of sp³-hybridized carbons (Fsp3) is 0.143. The molecule has 0 saturated carbocycles. The van der Waals surface area contributed by atoms with E-state index in [1.54, 1.807) is 24.3 Å². The zero-order valence-electron chi connectivity index (χ0n) is 9.54. The lowest BCUT2D eigenvalue weighted by Gasteiger charge is -2.13. The molecule has 2 aromatic carbocycles. The maximum absolute atomic E-state index is 13.5. The quantitative estimate of drug-likeness (QED) is 0.898. The number of hydrogen-bond acceptors (Lipinski definition) is 1. The number of nitrogens with two attached hydrogens (primary N) is 1. The van der Waals surface area contributed by atoms with Crippen LogP contribution in [0.4, 0.5) is 8.78 Å². The molecule has 1 atom stereocenters. The van der Waals surface area contributed by atoms with E-state index in [1.165, 1.54) is 18.2 Å². The molecule has 4 heteroatoms. The summed E-state index contributed by atoms with van der Waals surface area (Å²) in [6.45, 7) is 0. The van der Waals surface area contributed by atoms with Crippen molar-refractivity contribution in [1.82, 2.24) is 0 Å². The summed E-state index contributed by atoms with van der Waals surface area (Å²) in [5, 5.41) is 0.553. The first-order valence-electron chi connectivity index (χ1n) is 5.52. The highest BCUT2D eigenvalue weighted by atomic mass is 35.5. The van der Waals surface area contributed by atoms with E-state index in [0.29, 0.717) is 5.02 Å². The van der Waals surface area contributed by atoms with E-state index in [0.717, 1.165) is 5.56 Å². The number of halogens is 3. The zero-order chi connectivity index (χ0) is 13.1. The van der Waals surface area contributed by atoms with Crippen LogP contribution in [0.25, 0.3) is 0 Å². The van der Waals surface area contributed by atoms with Gasteiger partial charge >= 0.3 is 0 Å². The summed E-state index contributed by atoms with van der Waals surface area (Å²) >= 11 is 5.85. The topological polar surface area (TPSA) is 26.0 Å². The molecule has 1 unspecified atom stereocenters. The Morgan fingerprint density at radius 3 is 2.28 bits per heavy atom. The molecular weight excluding hydrogens is 256 g/mol. The first-order valence-corrected chi connectivity index (χ1v) is 5.89. The second-order valence-corrected chi connectivity index (χ2v) is 4.50. The Balaban J connectivity index is 2.24. The average Bonchev–Trinajstić information content (AvgIpc) is 2.34. The van der Waals surface area contributed by atoms with E-state index >= 15 is 0 Å². The molecule has 0 aliphatic carbocycles. The highest BCUT2D eigenvalue weighted by molar-refractivity contribution is 6.30. The highest BCUT2D eigenvalue weighted by Crippen LogP contribution is 2.22. The van der Waals surface area contributed by atoms with Gasteiger partial charge in [0.1, 0.15) is 11.6 Å². The molecule has 0 amide bonds. The molecule has 18 heavy (non-hydrogen) atoms. The molecule has 2 rings (SSSR count). The summed E-state index contributed by atoms with van der Waals surface area (Å²) in [5.74, 6) is -1.15.